The average molecular weight is 330 g/mol. The van der Waals surface area contributed by atoms with Gasteiger partial charge in [-0.2, -0.15) is 0 Å². The van der Waals surface area contributed by atoms with Gasteiger partial charge in [0.15, 0.2) is 0 Å². The SMILES string of the molecule is CC(NCc1cc(F)ccc1F)c1ccc(NC(=O)C2CC2)cc1. The molecular weight excluding hydrogens is 310 g/mol. The molecule has 24 heavy (non-hydrogen) atoms. The van der Waals surface area contributed by atoms with Gasteiger partial charge in [-0.1, -0.05) is 12.1 Å². The molecule has 126 valence electrons. The van der Waals surface area contributed by atoms with Gasteiger partial charge >= 0.3 is 0 Å². The zero-order valence-electron chi connectivity index (χ0n) is 13.5. The summed E-state index contributed by atoms with van der Waals surface area (Å²) < 4.78 is 26.8. The van der Waals surface area contributed by atoms with Crippen molar-refractivity contribution in [1.29, 1.82) is 0 Å². The van der Waals surface area contributed by atoms with E-state index in [0.717, 1.165) is 36.2 Å². The smallest absolute Gasteiger partial charge is 0.227 e. The van der Waals surface area contributed by atoms with Gasteiger partial charge in [0.25, 0.3) is 0 Å². The van der Waals surface area contributed by atoms with Gasteiger partial charge in [-0.15, -0.1) is 0 Å². The van der Waals surface area contributed by atoms with Crippen molar-refractivity contribution in [2.24, 2.45) is 5.92 Å². The average Bonchev–Trinajstić information content (AvgIpc) is 3.41. The van der Waals surface area contributed by atoms with Crippen LogP contribution in [0.15, 0.2) is 42.5 Å². The summed E-state index contributed by atoms with van der Waals surface area (Å²) in [6.45, 7) is 2.19. The predicted molar refractivity (Wildman–Crippen MR) is 89.4 cm³/mol. The second-order valence-electron chi connectivity index (χ2n) is 6.22. The number of nitrogens with one attached hydrogen (secondary N) is 2. The Morgan fingerprint density at radius 3 is 2.54 bits per heavy atom. The molecule has 2 N–H and O–H groups in total. The van der Waals surface area contributed by atoms with E-state index in [1.165, 1.54) is 6.07 Å². The van der Waals surface area contributed by atoms with Crippen LogP contribution in [0.3, 0.4) is 0 Å². The zero-order chi connectivity index (χ0) is 17.1. The van der Waals surface area contributed by atoms with Crippen molar-refractivity contribution in [2.45, 2.75) is 32.4 Å². The first-order valence-electron chi connectivity index (χ1n) is 8.11. The highest BCUT2D eigenvalue weighted by Gasteiger charge is 2.29. The van der Waals surface area contributed by atoms with Crippen LogP contribution in [0.1, 0.15) is 36.9 Å². The van der Waals surface area contributed by atoms with Crippen molar-refractivity contribution in [3.05, 3.63) is 65.2 Å². The Morgan fingerprint density at radius 1 is 1.17 bits per heavy atom. The maximum absolute atomic E-state index is 13.6. The van der Waals surface area contributed by atoms with E-state index in [-0.39, 0.29) is 24.4 Å². The van der Waals surface area contributed by atoms with Crippen LogP contribution in [-0.2, 0) is 11.3 Å². The monoisotopic (exact) mass is 330 g/mol. The number of carbonyl (C=O) groups is 1. The highest BCUT2D eigenvalue weighted by molar-refractivity contribution is 5.94. The summed E-state index contributed by atoms with van der Waals surface area (Å²) in [7, 11) is 0. The standard InChI is InChI=1S/C19H20F2N2O/c1-12(22-11-15-10-16(20)6-9-18(15)21)13-4-7-17(8-5-13)23-19(24)14-2-3-14/h4-10,12,14,22H,2-3,11H2,1H3,(H,23,24). The van der Waals surface area contributed by atoms with E-state index in [9.17, 15) is 13.6 Å². The number of hydrogen-bond donors (Lipinski definition) is 2. The third-order valence-electron chi connectivity index (χ3n) is 4.23. The van der Waals surface area contributed by atoms with Crippen molar-refractivity contribution in [3.63, 3.8) is 0 Å². The lowest BCUT2D eigenvalue weighted by Crippen LogP contribution is -2.19. The van der Waals surface area contributed by atoms with E-state index in [4.69, 9.17) is 0 Å². The molecule has 1 aliphatic rings. The molecule has 3 nitrogen and oxygen atoms in total. The first-order valence-corrected chi connectivity index (χ1v) is 8.11. The van der Waals surface area contributed by atoms with Crippen molar-refractivity contribution >= 4 is 11.6 Å². The van der Waals surface area contributed by atoms with Crippen LogP contribution >= 0.6 is 0 Å². The Morgan fingerprint density at radius 2 is 1.88 bits per heavy atom. The lowest BCUT2D eigenvalue weighted by molar-refractivity contribution is -0.117. The fraction of sp³-hybridized carbons (Fsp3) is 0.316. The molecule has 2 aromatic carbocycles. The minimum atomic E-state index is -0.448. The minimum Gasteiger partial charge on any atom is -0.326 e. The van der Waals surface area contributed by atoms with Crippen LogP contribution in [0, 0.1) is 17.6 Å². The molecule has 1 atom stereocenters. The summed E-state index contributed by atoms with van der Waals surface area (Å²) in [6.07, 6.45) is 1.95. The molecule has 1 saturated carbocycles. The van der Waals surface area contributed by atoms with E-state index in [1.807, 2.05) is 31.2 Å². The molecule has 5 heteroatoms. The zero-order valence-corrected chi connectivity index (χ0v) is 13.5. The summed E-state index contributed by atoms with van der Waals surface area (Å²) in [5, 5.41) is 6.07. The Kier molecular flexibility index (Phi) is 4.90. The van der Waals surface area contributed by atoms with Crippen LogP contribution < -0.4 is 10.6 Å². The van der Waals surface area contributed by atoms with E-state index in [1.54, 1.807) is 0 Å². The number of hydrogen-bond acceptors (Lipinski definition) is 2. The maximum atomic E-state index is 13.6. The summed E-state index contributed by atoms with van der Waals surface area (Å²) >= 11 is 0. The first kappa shape index (κ1) is 16.6. The molecule has 0 aliphatic heterocycles. The van der Waals surface area contributed by atoms with E-state index >= 15 is 0 Å². The van der Waals surface area contributed by atoms with Crippen molar-refractivity contribution in [1.82, 2.24) is 5.32 Å². The molecular formula is C19H20F2N2O. The number of amides is 1. The van der Waals surface area contributed by atoms with Gasteiger partial charge in [-0.25, -0.2) is 8.78 Å². The van der Waals surface area contributed by atoms with E-state index in [2.05, 4.69) is 10.6 Å². The second kappa shape index (κ2) is 7.09. The summed E-state index contributed by atoms with van der Waals surface area (Å²) in [6, 6.07) is 11.0. The van der Waals surface area contributed by atoms with Crippen molar-refractivity contribution in [3.8, 4) is 0 Å². The molecule has 0 spiro atoms. The van der Waals surface area contributed by atoms with Crippen LogP contribution in [0.25, 0.3) is 0 Å². The molecule has 0 bridgehead atoms. The van der Waals surface area contributed by atoms with E-state index < -0.39 is 11.6 Å². The van der Waals surface area contributed by atoms with Crippen LogP contribution in [0.2, 0.25) is 0 Å². The van der Waals surface area contributed by atoms with Gasteiger partial charge < -0.3 is 10.6 Å². The third-order valence-corrected chi connectivity index (χ3v) is 4.23. The molecule has 1 fully saturated rings. The van der Waals surface area contributed by atoms with Crippen LogP contribution in [0.5, 0.6) is 0 Å². The number of benzene rings is 2. The van der Waals surface area contributed by atoms with E-state index in [0.29, 0.717) is 5.56 Å². The normalized spacial score (nSPS) is 15.1. The van der Waals surface area contributed by atoms with Gasteiger partial charge in [-0.3, -0.25) is 4.79 Å². The van der Waals surface area contributed by atoms with Gasteiger partial charge in [0.2, 0.25) is 5.91 Å². The summed E-state index contributed by atoms with van der Waals surface area (Å²) in [4.78, 5) is 11.7. The lowest BCUT2D eigenvalue weighted by Gasteiger charge is -2.15. The lowest BCUT2D eigenvalue weighted by atomic mass is 10.1. The minimum absolute atomic E-state index is 0.0270. The maximum Gasteiger partial charge on any atom is 0.227 e. The summed E-state index contributed by atoms with van der Waals surface area (Å²) in [5.74, 6) is -0.618. The van der Waals surface area contributed by atoms with Gasteiger partial charge in [0.05, 0.1) is 0 Å². The van der Waals surface area contributed by atoms with Crippen molar-refractivity contribution < 1.29 is 13.6 Å². The Bertz CT molecular complexity index is 727. The number of anilines is 1. The summed E-state index contributed by atoms with van der Waals surface area (Å²) in [5.41, 5.74) is 2.09. The number of rotatable bonds is 6. The molecule has 0 saturated heterocycles. The molecule has 2 aromatic rings. The largest absolute Gasteiger partial charge is 0.326 e. The molecule has 0 aromatic heterocycles. The van der Waals surface area contributed by atoms with Gasteiger partial charge in [0.1, 0.15) is 11.6 Å². The quantitative estimate of drug-likeness (QED) is 0.835. The molecule has 1 amide bonds. The number of halogens is 2. The van der Waals surface area contributed by atoms with Gasteiger partial charge in [-0.05, 0) is 55.7 Å². The fourth-order valence-electron chi connectivity index (χ4n) is 2.50. The highest BCUT2D eigenvalue weighted by atomic mass is 19.1. The Balaban J connectivity index is 1.57. The fourth-order valence-corrected chi connectivity index (χ4v) is 2.50. The molecule has 3 rings (SSSR count). The second-order valence-corrected chi connectivity index (χ2v) is 6.22. The molecule has 1 unspecified atom stereocenters. The van der Waals surface area contributed by atoms with Crippen LogP contribution in [-0.4, -0.2) is 5.91 Å². The number of carbonyl (C=O) groups excluding carboxylic acids is 1. The Hall–Kier alpha value is -2.27. The topological polar surface area (TPSA) is 41.1 Å². The Labute approximate surface area is 140 Å². The predicted octanol–water partition coefficient (Wildman–Crippen LogP) is 4.16. The van der Waals surface area contributed by atoms with Crippen LogP contribution in [0.4, 0.5) is 14.5 Å². The van der Waals surface area contributed by atoms with Crippen molar-refractivity contribution in [2.75, 3.05) is 5.32 Å². The first-order chi connectivity index (χ1) is 11.5. The molecule has 0 radical (unpaired) electrons. The molecule has 1 aliphatic carbocycles. The molecule has 0 heterocycles. The highest BCUT2D eigenvalue weighted by Crippen LogP contribution is 2.30. The third kappa shape index (κ3) is 4.17. The van der Waals surface area contributed by atoms with Gasteiger partial charge in [0, 0.05) is 29.8 Å².